The van der Waals surface area contributed by atoms with Crippen LogP contribution < -0.4 is 0 Å². The van der Waals surface area contributed by atoms with Gasteiger partial charge in [-0.1, -0.05) is 242 Å². The Labute approximate surface area is 472 Å². The summed E-state index contributed by atoms with van der Waals surface area (Å²) >= 11 is 0. The van der Waals surface area contributed by atoms with Gasteiger partial charge < -0.3 is 14.2 Å². The van der Waals surface area contributed by atoms with Gasteiger partial charge in [0.25, 0.3) is 0 Å². The number of allylic oxidation sites excluding steroid dienone is 28. The van der Waals surface area contributed by atoms with E-state index in [1.807, 2.05) is 0 Å². The molecule has 430 valence electrons. The molecule has 0 aliphatic rings. The summed E-state index contributed by atoms with van der Waals surface area (Å²) in [5, 5.41) is 0. The number of carbonyl (C=O) groups is 3. The average molecular weight is 1060 g/mol. The van der Waals surface area contributed by atoms with E-state index in [-0.39, 0.29) is 37.5 Å². The Bertz CT molecular complexity index is 1790. The standard InChI is InChI=1S/C71H110O6/c1-4-7-10-13-16-19-22-25-27-29-31-33-35-37-39-41-43-46-49-52-55-58-61-64-70(73)76-67-68(66-75-69(72)63-60-57-54-51-48-45-24-21-18-15-12-9-6-3)77-71(74)65-62-59-56-53-50-47-44-42-40-38-36-34-32-30-28-26-23-20-17-14-11-8-5-2/h7-8,10-12,15-17,19-21,24-28,31-34,37-40,43-44,46-47,68H,4-6,9,13-14,18,22-23,29-30,35-36,41-42,45,48-67H2,1-3H3/b10-7-,11-8-,15-12-,19-16-,20-17-,24-21-,27-25-,28-26-,33-31-,34-32-,39-37-,40-38-,46-43-,47-44-. The number of rotatable bonds is 53. The van der Waals surface area contributed by atoms with Crippen molar-refractivity contribution in [1.82, 2.24) is 0 Å². The van der Waals surface area contributed by atoms with Crippen molar-refractivity contribution in [2.45, 2.75) is 245 Å². The van der Waals surface area contributed by atoms with Crippen molar-refractivity contribution in [2.24, 2.45) is 0 Å². The first-order chi connectivity index (χ1) is 38.0. The molecule has 0 aromatic carbocycles. The van der Waals surface area contributed by atoms with Crippen LogP contribution in [0.25, 0.3) is 0 Å². The number of esters is 3. The molecule has 0 amide bonds. The molecule has 0 radical (unpaired) electrons. The van der Waals surface area contributed by atoms with E-state index in [9.17, 15) is 14.4 Å². The summed E-state index contributed by atoms with van der Waals surface area (Å²) < 4.78 is 16.8. The number of hydrogen-bond acceptors (Lipinski definition) is 6. The summed E-state index contributed by atoms with van der Waals surface area (Å²) in [6, 6.07) is 0. The maximum Gasteiger partial charge on any atom is 0.306 e. The second-order valence-corrected chi connectivity index (χ2v) is 19.5. The fourth-order valence-corrected chi connectivity index (χ4v) is 7.66. The van der Waals surface area contributed by atoms with Gasteiger partial charge >= 0.3 is 17.9 Å². The predicted molar refractivity (Wildman–Crippen MR) is 334 cm³/mol. The second kappa shape index (κ2) is 63.3. The smallest absolute Gasteiger partial charge is 0.306 e. The van der Waals surface area contributed by atoms with Crippen molar-refractivity contribution in [2.75, 3.05) is 13.2 Å². The van der Waals surface area contributed by atoms with Crippen LogP contribution in [-0.4, -0.2) is 37.2 Å². The third kappa shape index (κ3) is 61.5. The summed E-state index contributed by atoms with van der Waals surface area (Å²) in [6.45, 7) is 6.28. The molecule has 1 atom stereocenters. The number of unbranched alkanes of at least 4 members (excludes halogenated alkanes) is 14. The summed E-state index contributed by atoms with van der Waals surface area (Å²) in [5.74, 6) is -0.985. The Kier molecular flexibility index (Phi) is 59.0. The zero-order chi connectivity index (χ0) is 55.7. The van der Waals surface area contributed by atoms with Crippen molar-refractivity contribution in [3.8, 4) is 0 Å². The third-order valence-electron chi connectivity index (χ3n) is 12.2. The van der Waals surface area contributed by atoms with E-state index in [0.29, 0.717) is 12.8 Å². The number of hydrogen-bond donors (Lipinski definition) is 0. The molecule has 0 rings (SSSR count). The van der Waals surface area contributed by atoms with Crippen molar-refractivity contribution in [3.63, 3.8) is 0 Å². The van der Waals surface area contributed by atoms with Crippen LogP contribution in [0.15, 0.2) is 170 Å². The minimum atomic E-state index is -0.819. The Morgan fingerprint density at radius 3 is 0.792 bits per heavy atom. The highest BCUT2D eigenvalue weighted by Gasteiger charge is 2.19. The monoisotopic (exact) mass is 1060 g/mol. The van der Waals surface area contributed by atoms with E-state index in [4.69, 9.17) is 14.2 Å². The molecule has 0 aromatic heterocycles. The van der Waals surface area contributed by atoms with Crippen LogP contribution in [0.2, 0.25) is 0 Å². The van der Waals surface area contributed by atoms with Crippen LogP contribution in [0.4, 0.5) is 0 Å². The lowest BCUT2D eigenvalue weighted by Gasteiger charge is -2.18. The molecule has 0 spiro atoms. The number of carbonyl (C=O) groups excluding carboxylic acids is 3. The van der Waals surface area contributed by atoms with Crippen LogP contribution in [0.1, 0.15) is 239 Å². The first-order valence-electron chi connectivity index (χ1n) is 30.6. The highest BCUT2D eigenvalue weighted by atomic mass is 16.6. The molecule has 0 bridgehead atoms. The maximum atomic E-state index is 12.9. The molecule has 0 heterocycles. The van der Waals surface area contributed by atoms with E-state index in [1.165, 1.54) is 6.42 Å². The molecular weight excluding hydrogens is 949 g/mol. The molecule has 77 heavy (non-hydrogen) atoms. The fraction of sp³-hybridized carbons (Fsp3) is 0.563. The molecule has 0 saturated carbocycles. The molecule has 0 aliphatic carbocycles. The first kappa shape index (κ1) is 71.8. The van der Waals surface area contributed by atoms with Crippen molar-refractivity contribution < 1.29 is 28.6 Å². The zero-order valence-electron chi connectivity index (χ0n) is 49.1. The van der Waals surface area contributed by atoms with Gasteiger partial charge in [0.1, 0.15) is 13.2 Å². The van der Waals surface area contributed by atoms with Crippen molar-refractivity contribution >= 4 is 17.9 Å². The molecule has 0 saturated heterocycles. The van der Waals surface area contributed by atoms with E-state index < -0.39 is 6.10 Å². The van der Waals surface area contributed by atoms with Gasteiger partial charge in [0.15, 0.2) is 6.10 Å². The minimum Gasteiger partial charge on any atom is -0.462 e. The molecular formula is C71H110O6. The lowest BCUT2D eigenvalue weighted by Crippen LogP contribution is -2.30. The van der Waals surface area contributed by atoms with E-state index in [2.05, 4.69) is 191 Å². The molecule has 0 fully saturated rings. The Hall–Kier alpha value is -5.23. The van der Waals surface area contributed by atoms with Gasteiger partial charge in [-0.05, 0) is 148 Å². The minimum absolute atomic E-state index is 0.113. The fourth-order valence-electron chi connectivity index (χ4n) is 7.66. The maximum absolute atomic E-state index is 12.9. The highest BCUT2D eigenvalue weighted by molar-refractivity contribution is 5.71. The highest BCUT2D eigenvalue weighted by Crippen LogP contribution is 2.13. The summed E-state index contributed by atoms with van der Waals surface area (Å²) in [4.78, 5) is 38.3. The Morgan fingerprint density at radius 2 is 0.506 bits per heavy atom. The zero-order valence-corrected chi connectivity index (χ0v) is 49.1. The average Bonchev–Trinajstić information content (AvgIpc) is 3.43. The molecule has 0 aromatic rings. The van der Waals surface area contributed by atoms with Crippen LogP contribution in [-0.2, 0) is 28.6 Å². The van der Waals surface area contributed by atoms with Gasteiger partial charge in [-0.15, -0.1) is 0 Å². The van der Waals surface area contributed by atoms with E-state index in [1.54, 1.807) is 0 Å². The predicted octanol–water partition coefficient (Wildman–Crippen LogP) is 21.1. The van der Waals surface area contributed by atoms with Gasteiger partial charge in [0.2, 0.25) is 0 Å². The van der Waals surface area contributed by atoms with Gasteiger partial charge in [-0.25, -0.2) is 0 Å². The topological polar surface area (TPSA) is 78.9 Å². The molecule has 6 nitrogen and oxygen atoms in total. The van der Waals surface area contributed by atoms with Crippen LogP contribution in [0.5, 0.6) is 0 Å². The number of ether oxygens (including phenoxy) is 3. The van der Waals surface area contributed by atoms with Gasteiger partial charge in [0.05, 0.1) is 0 Å². The molecule has 0 N–H and O–H groups in total. The molecule has 0 aliphatic heterocycles. The van der Waals surface area contributed by atoms with Crippen LogP contribution >= 0.6 is 0 Å². The quantitative estimate of drug-likeness (QED) is 0.0261. The van der Waals surface area contributed by atoms with Crippen LogP contribution in [0, 0.1) is 0 Å². The third-order valence-corrected chi connectivity index (χ3v) is 12.2. The van der Waals surface area contributed by atoms with E-state index in [0.717, 1.165) is 193 Å². The molecule has 6 heteroatoms. The summed E-state index contributed by atoms with van der Waals surface area (Å²) in [5.41, 5.74) is 0. The van der Waals surface area contributed by atoms with Gasteiger partial charge in [-0.2, -0.15) is 0 Å². The lowest BCUT2D eigenvalue weighted by atomic mass is 10.1. The largest absolute Gasteiger partial charge is 0.462 e. The Balaban J connectivity index is 4.52. The van der Waals surface area contributed by atoms with Crippen LogP contribution in [0.3, 0.4) is 0 Å². The SMILES string of the molecule is CC/C=C\C/C=C\C/C=C\C/C=C\C/C=C\C/C=C\CCCCCCC(=O)OCC(COC(=O)CCCCCCC/C=C\C/C=C\CCC)OC(=O)CCCCCC/C=C\C/C=C\C/C=C\C/C=C\C/C=C\C/C=C\CC. The lowest BCUT2D eigenvalue weighted by molar-refractivity contribution is -0.167. The first-order valence-corrected chi connectivity index (χ1v) is 30.6. The van der Waals surface area contributed by atoms with E-state index >= 15 is 0 Å². The summed E-state index contributed by atoms with van der Waals surface area (Å²) in [7, 11) is 0. The summed E-state index contributed by atoms with van der Waals surface area (Å²) in [6.07, 6.45) is 93.4. The normalized spacial score (nSPS) is 13.3. The second-order valence-electron chi connectivity index (χ2n) is 19.5. The Morgan fingerprint density at radius 1 is 0.273 bits per heavy atom. The van der Waals surface area contributed by atoms with Crippen molar-refractivity contribution in [1.29, 1.82) is 0 Å². The van der Waals surface area contributed by atoms with Gasteiger partial charge in [0, 0.05) is 19.3 Å². The van der Waals surface area contributed by atoms with Crippen molar-refractivity contribution in [3.05, 3.63) is 170 Å². The molecule has 1 unspecified atom stereocenters. The van der Waals surface area contributed by atoms with Gasteiger partial charge in [-0.3, -0.25) is 14.4 Å².